The van der Waals surface area contributed by atoms with Crippen LogP contribution in [0.4, 0.5) is 10.2 Å². The Bertz CT molecular complexity index is 1400. The maximum Gasteiger partial charge on any atom is 0.292 e. The van der Waals surface area contributed by atoms with Crippen LogP contribution in [-0.2, 0) is 17.9 Å². The van der Waals surface area contributed by atoms with Gasteiger partial charge < -0.3 is 15.2 Å². The first kappa shape index (κ1) is 25.0. The van der Waals surface area contributed by atoms with E-state index in [0.29, 0.717) is 50.9 Å². The Balaban J connectivity index is 1.25. The van der Waals surface area contributed by atoms with Crippen LogP contribution in [0.3, 0.4) is 0 Å². The standard InChI is InChI=1S/C24H24FN9O4/c25-18-5-1-17(2-6-18)15-37-19-7-3-16(4-8-19)13-27-29-24(35)21-20(14-33-9-11-36-12-10-33)28-32-34(21)23-22(26)30-38-31-23/h1-8,13H,9-12,14-15H2,(H2,26,30)(H,29,35)/b27-13+. The Morgan fingerprint density at radius 2 is 1.89 bits per heavy atom. The van der Waals surface area contributed by atoms with Gasteiger partial charge in [0.25, 0.3) is 5.91 Å². The number of nitrogens with zero attached hydrogens (tertiary/aromatic N) is 7. The van der Waals surface area contributed by atoms with Gasteiger partial charge in [-0.2, -0.15) is 9.78 Å². The van der Waals surface area contributed by atoms with Crippen molar-refractivity contribution < 1.29 is 23.3 Å². The number of carbonyl (C=O) groups excluding carboxylic acids is 1. The molecular formula is C24H24FN9O4. The molecule has 0 aliphatic carbocycles. The third-order valence-electron chi connectivity index (χ3n) is 5.71. The molecule has 1 aliphatic rings. The monoisotopic (exact) mass is 521 g/mol. The molecule has 0 unspecified atom stereocenters. The van der Waals surface area contributed by atoms with Crippen LogP contribution in [0.5, 0.6) is 5.75 Å². The number of hydrogen-bond donors (Lipinski definition) is 2. The lowest BCUT2D eigenvalue weighted by Crippen LogP contribution is -2.36. The second-order valence-corrected chi connectivity index (χ2v) is 8.34. The summed E-state index contributed by atoms with van der Waals surface area (Å²) in [6.45, 7) is 3.27. The quantitative estimate of drug-likeness (QED) is 0.244. The van der Waals surface area contributed by atoms with E-state index in [0.717, 1.165) is 11.1 Å². The van der Waals surface area contributed by atoms with Gasteiger partial charge in [-0.15, -0.1) is 5.10 Å². The van der Waals surface area contributed by atoms with Crippen molar-refractivity contribution in [1.29, 1.82) is 0 Å². The molecule has 1 aliphatic heterocycles. The minimum atomic E-state index is -0.559. The number of anilines is 1. The molecule has 5 rings (SSSR count). The van der Waals surface area contributed by atoms with Crippen molar-refractivity contribution >= 4 is 17.9 Å². The molecule has 1 saturated heterocycles. The molecule has 14 heteroatoms. The summed E-state index contributed by atoms with van der Waals surface area (Å²) in [5.41, 5.74) is 10.4. The van der Waals surface area contributed by atoms with Crippen molar-refractivity contribution in [2.45, 2.75) is 13.2 Å². The molecule has 0 atom stereocenters. The number of nitrogens with two attached hydrogens (primary N) is 1. The van der Waals surface area contributed by atoms with E-state index in [1.807, 2.05) is 0 Å². The minimum Gasteiger partial charge on any atom is -0.489 e. The summed E-state index contributed by atoms with van der Waals surface area (Å²) < 4.78 is 30.0. The van der Waals surface area contributed by atoms with Crippen LogP contribution >= 0.6 is 0 Å². The van der Waals surface area contributed by atoms with Crippen molar-refractivity contribution in [3.63, 3.8) is 0 Å². The van der Waals surface area contributed by atoms with E-state index < -0.39 is 5.91 Å². The fourth-order valence-corrected chi connectivity index (χ4v) is 3.72. The number of carbonyl (C=O) groups is 1. The number of aromatic nitrogens is 5. The molecule has 0 spiro atoms. The van der Waals surface area contributed by atoms with Gasteiger partial charge in [-0.25, -0.2) is 14.4 Å². The lowest BCUT2D eigenvalue weighted by molar-refractivity contribution is 0.0335. The van der Waals surface area contributed by atoms with Crippen LogP contribution in [-0.4, -0.2) is 68.6 Å². The van der Waals surface area contributed by atoms with E-state index in [9.17, 15) is 9.18 Å². The fourth-order valence-electron chi connectivity index (χ4n) is 3.72. The average Bonchev–Trinajstić information content (AvgIpc) is 3.55. The molecule has 3 heterocycles. The highest BCUT2D eigenvalue weighted by atomic mass is 19.1. The molecule has 3 N–H and O–H groups in total. The molecule has 1 fully saturated rings. The Morgan fingerprint density at radius 1 is 1.13 bits per heavy atom. The minimum absolute atomic E-state index is 0.0351. The van der Waals surface area contributed by atoms with E-state index in [2.05, 4.69) is 40.7 Å². The highest BCUT2D eigenvalue weighted by Gasteiger charge is 2.26. The van der Waals surface area contributed by atoms with Gasteiger partial charge in [-0.3, -0.25) is 9.69 Å². The van der Waals surface area contributed by atoms with E-state index >= 15 is 0 Å². The van der Waals surface area contributed by atoms with Crippen LogP contribution < -0.4 is 15.9 Å². The number of amides is 1. The molecule has 2 aromatic heterocycles. The number of nitrogens with one attached hydrogen (secondary N) is 1. The summed E-state index contributed by atoms with van der Waals surface area (Å²) in [6, 6.07) is 13.2. The van der Waals surface area contributed by atoms with E-state index in [1.54, 1.807) is 36.4 Å². The number of benzene rings is 2. The Hall–Kier alpha value is -4.69. The molecule has 4 aromatic rings. The maximum atomic E-state index is 13.1. The molecule has 2 aromatic carbocycles. The van der Waals surface area contributed by atoms with Gasteiger partial charge >= 0.3 is 0 Å². The Morgan fingerprint density at radius 3 is 2.61 bits per heavy atom. The fraction of sp³-hybridized carbons (Fsp3) is 0.250. The van der Waals surface area contributed by atoms with Crippen LogP contribution in [0.25, 0.3) is 5.82 Å². The highest BCUT2D eigenvalue weighted by molar-refractivity contribution is 5.95. The summed E-state index contributed by atoms with van der Waals surface area (Å²) >= 11 is 0. The summed E-state index contributed by atoms with van der Waals surface area (Å²) in [5, 5.41) is 19.6. The number of nitrogen functional groups attached to an aromatic ring is 1. The maximum absolute atomic E-state index is 13.1. The summed E-state index contributed by atoms with van der Waals surface area (Å²) in [5.74, 6) is -0.200. The van der Waals surface area contributed by atoms with Crippen molar-refractivity contribution in [3.05, 3.63) is 76.9 Å². The first-order chi connectivity index (χ1) is 18.6. The predicted molar refractivity (Wildman–Crippen MR) is 132 cm³/mol. The zero-order valence-electron chi connectivity index (χ0n) is 20.2. The molecule has 196 valence electrons. The third-order valence-corrected chi connectivity index (χ3v) is 5.71. The second kappa shape index (κ2) is 11.6. The topological polar surface area (TPSA) is 159 Å². The van der Waals surface area contributed by atoms with Gasteiger partial charge in [-0.1, -0.05) is 17.3 Å². The van der Waals surface area contributed by atoms with E-state index in [1.165, 1.54) is 23.0 Å². The van der Waals surface area contributed by atoms with Crippen LogP contribution in [0.1, 0.15) is 27.3 Å². The zero-order chi connectivity index (χ0) is 26.3. The molecule has 1 amide bonds. The number of ether oxygens (including phenoxy) is 2. The lowest BCUT2D eigenvalue weighted by Gasteiger charge is -2.25. The smallest absolute Gasteiger partial charge is 0.292 e. The largest absolute Gasteiger partial charge is 0.489 e. The molecule has 0 radical (unpaired) electrons. The van der Waals surface area contributed by atoms with Crippen molar-refractivity contribution in [3.8, 4) is 11.6 Å². The zero-order valence-corrected chi connectivity index (χ0v) is 20.2. The molecule has 38 heavy (non-hydrogen) atoms. The van der Waals surface area contributed by atoms with Gasteiger partial charge in [0.1, 0.15) is 23.9 Å². The van der Waals surface area contributed by atoms with Crippen LogP contribution in [0.2, 0.25) is 0 Å². The van der Waals surface area contributed by atoms with E-state index in [-0.39, 0.29) is 23.1 Å². The summed E-state index contributed by atoms with van der Waals surface area (Å²) in [6.07, 6.45) is 1.49. The van der Waals surface area contributed by atoms with Gasteiger partial charge in [0, 0.05) is 19.6 Å². The van der Waals surface area contributed by atoms with Gasteiger partial charge in [0.2, 0.25) is 11.6 Å². The Labute approximate surface area is 216 Å². The molecule has 0 saturated carbocycles. The summed E-state index contributed by atoms with van der Waals surface area (Å²) in [7, 11) is 0. The van der Waals surface area contributed by atoms with Crippen molar-refractivity contribution in [2.75, 3.05) is 32.0 Å². The molecular weight excluding hydrogens is 497 g/mol. The number of halogens is 1. The number of rotatable bonds is 9. The Kier molecular flexibility index (Phi) is 7.61. The van der Waals surface area contributed by atoms with E-state index in [4.69, 9.17) is 15.2 Å². The van der Waals surface area contributed by atoms with Gasteiger partial charge in [0.15, 0.2) is 5.69 Å². The number of morpholine rings is 1. The van der Waals surface area contributed by atoms with Crippen molar-refractivity contribution in [2.24, 2.45) is 5.10 Å². The van der Waals surface area contributed by atoms with Crippen LogP contribution in [0.15, 0.2) is 58.3 Å². The lowest BCUT2D eigenvalue weighted by atomic mass is 10.2. The average molecular weight is 522 g/mol. The first-order valence-corrected chi connectivity index (χ1v) is 11.7. The molecule has 0 bridgehead atoms. The third kappa shape index (κ3) is 5.99. The van der Waals surface area contributed by atoms with Gasteiger partial charge in [-0.05, 0) is 57.8 Å². The SMILES string of the molecule is Nc1nonc1-n1nnc(CN2CCOCC2)c1C(=O)N/N=C/c1ccc(OCc2ccc(F)cc2)cc1. The van der Waals surface area contributed by atoms with Crippen LogP contribution in [0, 0.1) is 5.82 Å². The van der Waals surface area contributed by atoms with Crippen molar-refractivity contribution in [1.82, 2.24) is 35.6 Å². The number of hydrogen-bond acceptors (Lipinski definition) is 11. The van der Waals surface area contributed by atoms with Gasteiger partial charge in [0.05, 0.1) is 19.4 Å². The predicted octanol–water partition coefficient (Wildman–Crippen LogP) is 1.55. The normalized spacial score (nSPS) is 14.1. The second-order valence-electron chi connectivity index (χ2n) is 8.34. The first-order valence-electron chi connectivity index (χ1n) is 11.7. The summed E-state index contributed by atoms with van der Waals surface area (Å²) in [4.78, 5) is 15.2. The number of hydrazone groups is 1. The molecule has 13 nitrogen and oxygen atoms in total. The highest BCUT2D eigenvalue weighted by Crippen LogP contribution is 2.18.